The smallest absolute Gasteiger partial charge is 0.178 e. The van der Waals surface area contributed by atoms with Crippen LogP contribution in [0.5, 0.6) is 5.75 Å². The lowest BCUT2D eigenvalue weighted by atomic mass is 10.0. The number of ether oxygens (including phenoxy) is 1. The zero-order valence-corrected chi connectivity index (χ0v) is 12.0. The van der Waals surface area contributed by atoms with E-state index in [1.807, 2.05) is 36.4 Å². The molecule has 0 saturated carbocycles. The minimum Gasteiger partial charge on any atom is -0.496 e. The molecule has 3 aromatic rings. The highest BCUT2D eigenvalue weighted by Crippen LogP contribution is 2.35. The molecule has 0 saturated heterocycles. The fourth-order valence-electron chi connectivity index (χ4n) is 2.20. The zero-order valence-electron chi connectivity index (χ0n) is 11.2. The minimum absolute atomic E-state index is 0.00897. The van der Waals surface area contributed by atoms with Crippen LogP contribution in [0.1, 0.15) is 17.4 Å². The first-order valence-corrected chi connectivity index (χ1v) is 7.11. The van der Waals surface area contributed by atoms with Gasteiger partial charge in [-0.3, -0.25) is 4.79 Å². The van der Waals surface area contributed by atoms with E-state index in [1.165, 1.54) is 18.3 Å². The number of ketones is 1. The number of carbonyl (C=O) groups excluding carboxylic acids is 1. The molecule has 1 aromatic heterocycles. The molecule has 0 bridgehead atoms. The third kappa shape index (κ3) is 2.08. The molecule has 0 radical (unpaired) electrons. The van der Waals surface area contributed by atoms with Gasteiger partial charge < -0.3 is 4.74 Å². The van der Waals surface area contributed by atoms with E-state index in [2.05, 4.69) is 4.98 Å². The van der Waals surface area contributed by atoms with E-state index in [-0.39, 0.29) is 5.78 Å². The maximum atomic E-state index is 11.4. The van der Waals surface area contributed by atoms with Crippen molar-refractivity contribution >= 4 is 27.9 Å². The SMILES string of the molecule is COc1ccc(-c2nc(C(C)=O)cs2)c2ccccc12. The van der Waals surface area contributed by atoms with Crippen LogP contribution < -0.4 is 4.74 Å². The second-order valence-electron chi connectivity index (χ2n) is 4.46. The van der Waals surface area contributed by atoms with E-state index in [0.29, 0.717) is 5.69 Å². The first-order valence-electron chi connectivity index (χ1n) is 6.23. The fourth-order valence-corrected chi connectivity index (χ4v) is 3.09. The summed E-state index contributed by atoms with van der Waals surface area (Å²) in [6, 6.07) is 12.0. The van der Waals surface area contributed by atoms with Crippen molar-refractivity contribution in [2.24, 2.45) is 0 Å². The quantitative estimate of drug-likeness (QED) is 0.677. The highest BCUT2D eigenvalue weighted by Gasteiger charge is 2.12. The Hall–Kier alpha value is -2.20. The Morgan fingerprint density at radius 2 is 1.90 bits per heavy atom. The lowest BCUT2D eigenvalue weighted by Crippen LogP contribution is -1.92. The largest absolute Gasteiger partial charge is 0.496 e. The Balaban J connectivity index is 2.23. The molecule has 0 fully saturated rings. The van der Waals surface area contributed by atoms with Crippen LogP contribution in [0.15, 0.2) is 41.8 Å². The molecule has 0 spiro atoms. The molecule has 20 heavy (non-hydrogen) atoms. The molecule has 0 aliphatic carbocycles. The van der Waals surface area contributed by atoms with Crippen LogP contribution in [0.25, 0.3) is 21.3 Å². The average Bonchev–Trinajstić information content (AvgIpc) is 2.96. The highest BCUT2D eigenvalue weighted by atomic mass is 32.1. The minimum atomic E-state index is -0.00897. The Kier molecular flexibility index (Phi) is 3.24. The maximum absolute atomic E-state index is 11.4. The lowest BCUT2D eigenvalue weighted by molar-refractivity contribution is 0.101. The molecule has 100 valence electrons. The normalized spacial score (nSPS) is 10.7. The summed E-state index contributed by atoms with van der Waals surface area (Å²) >= 11 is 1.49. The summed E-state index contributed by atoms with van der Waals surface area (Å²) in [5, 5.41) is 4.79. The molecule has 0 N–H and O–H groups in total. The van der Waals surface area contributed by atoms with Gasteiger partial charge in [-0.25, -0.2) is 4.98 Å². The summed E-state index contributed by atoms with van der Waals surface area (Å²) in [5.41, 5.74) is 1.55. The number of carbonyl (C=O) groups is 1. The van der Waals surface area contributed by atoms with Gasteiger partial charge in [0.2, 0.25) is 0 Å². The van der Waals surface area contributed by atoms with Gasteiger partial charge in [0.15, 0.2) is 5.78 Å². The van der Waals surface area contributed by atoms with Crippen LogP contribution in [-0.2, 0) is 0 Å². The van der Waals surface area contributed by atoms with Crippen LogP contribution >= 0.6 is 11.3 Å². The van der Waals surface area contributed by atoms with E-state index in [0.717, 1.165) is 27.1 Å². The van der Waals surface area contributed by atoms with Gasteiger partial charge in [0.25, 0.3) is 0 Å². The van der Waals surface area contributed by atoms with Gasteiger partial charge in [-0.2, -0.15) is 0 Å². The third-order valence-corrected chi connectivity index (χ3v) is 4.07. The molecule has 0 unspecified atom stereocenters. The first kappa shape index (κ1) is 12.8. The third-order valence-electron chi connectivity index (χ3n) is 3.20. The van der Waals surface area contributed by atoms with Gasteiger partial charge in [0, 0.05) is 23.3 Å². The molecule has 1 heterocycles. The van der Waals surface area contributed by atoms with Gasteiger partial charge in [0.1, 0.15) is 16.5 Å². The number of hydrogen-bond donors (Lipinski definition) is 0. The van der Waals surface area contributed by atoms with E-state index in [1.54, 1.807) is 12.5 Å². The molecular weight excluding hydrogens is 270 g/mol. The Bertz CT molecular complexity index is 792. The van der Waals surface area contributed by atoms with Gasteiger partial charge in [-0.1, -0.05) is 24.3 Å². The topological polar surface area (TPSA) is 39.2 Å². The number of nitrogens with zero attached hydrogens (tertiary/aromatic N) is 1. The Morgan fingerprint density at radius 1 is 1.15 bits per heavy atom. The van der Waals surface area contributed by atoms with Gasteiger partial charge in [-0.05, 0) is 17.5 Å². The van der Waals surface area contributed by atoms with Crippen molar-refractivity contribution < 1.29 is 9.53 Å². The van der Waals surface area contributed by atoms with Crippen molar-refractivity contribution in [3.8, 4) is 16.3 Å². The van der Waals surface area contributed by atoms with E-state index in [9.17, 15) is 4.79 Å². The Morgan fingerprint density at radius 3 is 2.55 bits per heavy atom. The molecule has 2 aromatic carbocycles. The van der Waals surface area contributed by atoms with Crippen molar-refractivity contribution in [1.82, 2.24) is 4.98 Å². The number of rotatable bonds is 3. The summed E-state index contributed by atoms with van der Waals surface area (Å²) in [7, 11) is 1.67. The van der Waals surface area contributed by atoms with Gasteiger partial charge >= 0.3 is 0 Å². The summed E-state index contributed by atoms with van der Waals surface area (Å²) in [6.07, 6.45) is 0. The maximum Gasteiger partial charge on any atom is 0.178 e. The number of Topliss-reactive ketones (excluding diaryl/α,β-unsaturated/α-hetero) is 1. The molecule has 0 atom stereocenters. The molecule has 0 aliphatic heterocycles. The predicted molar refractivity (Wildman–Crippen MR) is 81.6 cm³/mol. The number of benzene rings is 2. The monoisotopic (exact) mass is 283 g/mol. The van der Waals surface area contributed by atoms with Crippen molar-refractivity contribution in [2.45, 2.75) is 6.92 Å². The van der Waals surface area contributed by atoms with Gasteiger partial charge in [-0.15, -0.1) is 11.3 Å². The second-order valence-corrected chi connectivity index (χ2v) is 5.31. The second kappa shape index (κ2) is 5.06. The van der Waals surface area contributed by atoms with Crippen LogP contribution in [0.4, 0.5) is 0 Å². The highest BCUT2D eigenvalue weighted by molar-refractivity contribution is 7.13. The van der Waals surface area contributed by atoms with Gasteiger partial charge in [0.05, 0.1) is 7.11 Å². The fraction of sp³-hybridized carbons (Fsp3) is 0.125. The van der Waals surface area contributed by atoms with Crippen LogP contribution in [0.2, 0.25) is 0 Å². The van der Waals surface area contributed by atoms with E-state index >= 15 is 0 Å². The average molecular weight is 283 g/mol. The molecule has 3 nitrogen and oxygen atoms in total. The predicted octanol–water partition coefficient (Wildman–Crippen LogP) is 4.17. The van der Waals surface area contributed by atoms with E-state index in [4.69, 9.17) is 4.74 Å². The number of methoxy groups -OCH3 is 1. The Labute approximate surface area is 120 Å². The summed E-state index contributed by atoms with van der Waals surface area (Å²) < 4.78 is 5.39. The standard InChI is InChI=1S/C16H13NO2S/c1-10(18)14-9-20-16(17-14)13-7-8-15(19-2)12-6-4-3-5-11(12)13/h3-9H,1-2H3. The summed E-state index contributed by atoms with van der Waals surface area (Å²) in [5.74, 6) is 0.831. The zero-order chi connectivity index (χ0) is 14.1. The van der Waals surface area contributed by atoms with Crippen LogP contribution in [0, 0.1) is 0 Å². The number of thiazole rings is 1. The van der Waals surface area contributed by atoms with Crippen molar-refractivity contribution in [3.63, 3.8) is 0 Å². The number of fused-ring (bicyclic) bond motifs is 1. The number of aromatic nitrogens is 1. The van der Waals surface area contributed by atoms with Crippen molar-refractivity contribution in [3.05, 3.63) is 47.5 Å². The van der Waals surface area contributed by atoms with E-state index < -0.39 is 0 Å². The molecule has 0 amide bonds. The molecular formula is C16H13NO2S. The van der Waals surface area contributed by atoms with Crippen molar-refractivity contribution in [2.75, 3.05) is 7.11 Å². The lowest BCUT2D eigenvalue weighted by Gasteiger charge is -2.08. The van der Waals surface area contributed by atoms with Crippen molar-refractivity contribution in [1.29, 1.82) is 0 Å². The summed E-state index contributed by atoms with van der Waals surface area (Å²) in [4.78, 5) is 15.8. The van der Waals surface area contributed by atoms with Crippen LogP contribution in [-0.4, -0.2) is 17.9 Å². The number of hydrogen-bond acceptors (Lipinski definition) is 4. The van der Waals surface area contributed by atoms with Crippen LogP contribution in [0.3, 0.4) is 0 Å². The molecule has 0 aliphatic rings. The first-order chi connectivity index (χ1) is 9.70. The summed E-state index contributed by atoms with van der Waals surface area (Å²) in [6.45, 7) is 1.53. The molecule has 4 heteroatoms. The molecule has 3 rings (SSSR count).